The minimum atomic E-state index is -0.711. The fourth-order valence-electron chi connectivity index (χ4n) is 3.65. The highest BCUT2D eigenvalue weighted by Gasteiger charge is 2.40. The van der Waals surface area contributed by atoms with Crippen LogP contribution in [0.1, 0.15) is 37.7 Å². The summed E-state index contributed by atoms with van der Waals surface area (Å²) in [6.45, 7) is 1.09. The van der Waals surface area contributed by atoms with Gasteiger partial charge in [0.15, 0.2) is 0 Å². The maximum Gasteiger partial charge on any atom is 0.226 e. The van der Waals surface area contributed by atoms with Gasteiger partial charge >= 0.3 is 0 Å². The summed E-state index contributed by atoms with van der Waals surface area (Å²) in [7, 11) is 0. The summed E-state index contributed by atoms with van der Waals surface area (Å²) < 4.78 is 0. The van der Waals surface area contributed by atoms with Crippen molar-refractivity contribution >= 4 is 11.8 Å². The van der Waals surface area contributed by atoms with E-state index in [9.17, 15) is 14.9 Å². The van der Waals surface area contributed by atoms with Gasteiger partial charge in [0.2, 0.25) is 11.8 Å². The molecule has 24 heavy (non-hydrogen) atoms. The number of rotatable bonds is 5. The van der Waals surface area contributed by atoms with E-state index < -0.39 is 5.54 Å². The van der Waals surface area contributed by atoms with Crippen LogP contribution in [0.2, 0.25) is 0 Å². The van der Waals surface area contributed by atoms with Crippen LogP contribution in [0.4, 0.5) is 0 Å². The lowest BCUT2D eigenvalue weighted by Gasteiger charge is -2.24. The summed E-state index contributed by atoms with van der Waals surface area (Å²) in [5.74, 6) is -0.448. The van der Waals surface area contributed by atoms with Crippen LogP contribution in [0.3, 0.4) is 0 Å². The molecule has 1 aromatic carbocycles. The second-order valence-corrected chi connectivity index (χ2v) is 6.87. The second kappa shape index (κ2) is 7.04. The molecule has 1 heterocycles. The van der Waals surface area contributed by atoms with Crippen molar-refractivity contribution in [3.05, 3.63) is 35.9 Å². The minimum Gasteiger partial charge on any atom is -0.342 e. The molecule has 1 atom stereocenters. The fraction of sp³-hybridized carbons (Fsp3) is 0.526. The highest BCUT2D eigenvalue weighted by Crippen LogP contribution is 2.30. The molecule has 1 aliphatic heterocycles. The first-order valence-corrected chi connectivity index (χ1v) is 8.67. The van der Waals surface area contributed by atoms with Gasteiger partial charge in [-0.3, -0.25) is 9.59 Å². The van der Waals surface area contributed by atoms with Gasteiger partial charge in [0.05, 0.1) is 12.0 Å². The van der Waals surface area contributed by atoms with E-state index in [4.69, 9.17) is 0 Å². The molecule has 2 fully saturated rings. The smallest absolute Gasteiger partial charge is 0.226 e. The Balaban J connectivity index is 1.54. The Hall–Kier alpha value is -2.35. The zero-order chi connectivity index (χ0) is 17.0. The van der Waals surface area contributed by atoms with Gasteiger partial charge in [-0.25, -0.2) is 0 Å². The number of benzene rings is 1. The number of nitriles is 1. The molecule has 0 bridgehead atoms. The van der Waals surface area contributed by atoms with Crippen molar-refractivity contribution in [3.8, 4) is 6.07 Å². The number of carbonyl (C=O) groups is 2. The van der Waals surface area contributed by atoms with Crippen LogP contribution in [-0.4, -0.2) is 35.3 Å². The van der Waals surface area contributed by atoms with Crippen molar-refractivity contribution in [2.45, 2.75) is 44.1 Å². The van der Waals surface area contributed by atoms with E-state index in [0.29, 0.717) is 25.9 Å². The van der Waals surface area contributed by atoms with E-state index in [2.05, 4.69) is 11.4 Å². The van der Waals surface area contributed by atoms with Crippen molar-refractivity contribution in [2.24, 2.45) is 5.92 Å². The molecule has 2 amide bonds. The molecule has 1 saturated carbocycles. The maximum atomic E-state index is 12.5. The SMILES string of the molecule is N#CC1(NC(=O)C2CC(=O)N(CCc3ccccc3)C2)CCCC1. The normalized spacial score (nSPS) is 22.4. The molecular formula is C19H23N3O2. The van der Waals surface area contributed by atoms with E-state index in [1.54, 1.807) is 4.90 Å². The minimum absolute atomic E-state index is 0.0310. The number of nitrogens with zero attached hydrogens (tertiary/aromatic N) is 2. The van der Waals surface area contributed by atoms with E-state index in [1.165, 1.54) is 5.56 Å². The first kappa shape index (κ1) is 16.5. The van der Waals surface area contributed by atoms with Gasteiger partial charge in [-0.05, 0) is 37.7 Å². The number of hydrogen-bond donors (Lipinski definition) is 1. The number of hydrogen-bond acceptors (Lipinski definition) is 3. The standard InChI is InChI=1S/C19H23N3O2/c20-14-19(9-4-5-10-19)21-18(24)16-12-17(23)22(13-16)11-8-15-6-2-1-3-7-15/h1-3,6-7,16H,4-5,8-13H2,(H,21,24). The molecule has 0 radical (unpaired) electrons. The van der Waals surface area contributed by atoms with Crippen molar-refractivity contribution in [1.82, 2.24) is 10.2 Å². The van der Waals surface area contributed by atoms with Gasteiger partial charge in [-0.2, -0.15) is 5.26 Å². The van der Waals surface area contributed by atoms with Crippen LogP contribution >= 0.6 is 0 Å². The van der Waals surface area contributed by atoms with Gasteiger partial charge in [0, 0.05) is 19.5 Å². The quantitative estimate of drug-likeness (QED) is 0.900. The van der Waals surface area contributed by atoms with E-state index in [1.807, 2.05) is 30.3 Å². The number of amides is 2. The van der Waals surface area contributed by atoms with Crippen molar-refractivity contribution in [3.63, 3.8) is 0 Å². The van der Waals surface area contributed by atoms with Crippen LogP contribution < -0.4 is 5.32 Å². The van der Waals surface area contributed by atoms with Gasteiger partial charge in [-0.1, -0.05) is 30.3 Å². The summed E-state index contributed by atoms with van der Waals surface area (Å²) in [6, 6.07) is 12.3. The lowest BCUT2D eigenvalue weighted by molar-refractivity contribution is -0.129. The van der Waals surface area contributed by atoms with Crippen molar-refractivity contribution in [2.75, 3.05) is 13.1 Å². The summed E-state index contributed by atoms with van der Waals surface area (Å²) in [5, 5.41) is 12.3. The third-order valence-corrected chi connectivity index (χ3v) is 5.13. The largest absolute Gasteiger partial charge is 0.342 e. The monoisotopic (exact) mass is 325 g/mol. The average Bonchev–Trinajstić information content (AvgIpc) is 3.21. The molecule has 0 spiro atoms. The van der Waals surface area contributed by atoms with Crippen molar-refractivity contribution in [1.29, 1.82) is 5.26 Å². The Morgan fingerprint density at radius 3 is 2.67 bits per heavy atom. The molecule has 3 rings (SSSR count). The highest BCUT2D eigenvalue weighted by atomic mass is 16.2. The molecule has 126 valence electrons. The Labute approximate surface area is 142 Å². The van der Waals surface area contributed by atoms with Crippen LogP contribution in [-0.2, 0) is 16.0 Å². The molecule has 5 heteroatoms. The van der Waals surface area contributed by atoms with Gasteiger partial charge < -0.3 is 10.2 Å². The van der Waals surface area contributed by atoms with Crippen LogP contribution in [0.5, 0.6) is 0 Å². The molecule has 1 aliphatic carbocycles. The zero-order valence-corrected chi connectivity index (χ0v) is 13.8. The summed E-state index contributed by atoms with van der Waals surface area (Å²) >= 11 is 0. The second-order valence-electron chi connectivity index (χ2n) is 6.87. The van der Waals surface area contributed by atoms with Crippen molar-refractivity contribution < 1.29 is 9.59 Å². The number of likely N-dealkylation sites (tertiary alicyclic amines) is 1. The van der Waals surface area contributed by atoms with Crippen LogP contribution in [0.15, 0.2) is 30.3 Å². The summed E-state index contributed by atoms with van der Waals surface area (Å²) in [4.78, 5) is 26.4. The van der Waals surface area contributed by atoms with Crippen LogP contribution in [0.25, 0.3) is 0 Å². The first-order chi connectivity index (χ1) is 11.6. The lowest BCUT2D eigenvalue weighted by Crippen LogP contribution is -2.48. The molecule has 2 aliphatic rings. The molecular weight excluding hydrogens is 302 g/mol. The predicted molar refractivity (Wildman–Crippen MR) is 89.8 cm³/mol. The summed E-state index contributed by atoms with van der Waals surface area (Å²) in [5.41, 5.74) is 0.477. The zero-order valence-electron chi connectivity index (χ0n) is 13.8. The number of nitrogens with one attached hydrogen (secondary N) is 1. The molecule has 1 N–H and O–H groups in total. The van der Waals surface area contributed by atoms with Gasteiger partial charge in [0.25, 0.3) is 0 Å². The van der Waals surface area contributed by atoms with E-state index >= 15 is 0 Å². The molecule has 1 unspecified atom stereocenters. The molecule has 1 saturated heterocycles. The Morgan fingerprint density at radius 1 is 1.29 bits per heavy atom. The Kier molecular flexibility index (Phi) is 4.84. The van der Waals surface area contributed by atoms with Crippen LogP contribution in [0, 0.1) is 17.2 Å². The highest BCUT2D eigenvalue weighted by molar-refractivity contribution is 5.89. The maximum absolute atomic E-state index is 12.5. The Morgan fingerprint density at radius 2 is 2.00 bits per heavy atom. The topological polar surface area (TPSA) is 73.2 Å². The average molecular weight is 325 g/mol. The number of carbonyl (C=O) groups excluding carboxylic acids is 2. The molecule has 5 nitrogen and oxygen atoms in total. The molecule has 1 aromatic rings. The van der Waals surface area contributed by atoms with Gasteiger partial charge in [0.1, 0.15) is 5.54 Å². The van der Waals surface area contributed by atoms with E-state index in [-0.39, 0.29) is 24.2 Å². The van der Waals surface area contributed by atoms with E-state index in [0.717, 1.165) is 19.3 Å². The third-order valence-electron chi connectivity index (χ3n) is 5.13. The predicted octanol–water partition coefficient (Wildman–Crippen LogP) is 2.03. The summed E-state index contributed by atoms with van der Waals surface area (Å²) in [6.07, 6.45) is 4.42. The van der Waals surface area contributed by atoms with Gasteiger partial charge in [-0.15, -0.1) is 0 Å². The fourth-order valence-corrected chi connectivity index (χ4v) is 3.65. The lowest BCUT2D eigenvalue weighted by atomic mass is 9.97. The third kappa shape index (κ3) is 3.59. The molecule has 0 aromatic heterocycles. The first-order valence-electron chi connectivity index (χ1n) is 8.67. The Bertz CT molecular complexity index is 644.